The summed E-state index contributed by atoms with van der Waals surface area (Å²) in [5.41, 5.74) is 0.669. The summed E-state index contributed by atoms with van der Waals surface area (Å²) >= 11 is 0. The molecule has 5 heteroatoms. The van der Waals surface area contributed by atoms with Gasteiger partial charge in [0.2, 0.25) is 0 Å². The van der Waals surface area contributed by atoms with Crippen LogP contribution in [0.3, 0.4) is 0 Å². The molecule has 0 aromatic carbocycles. The van der Waals surface area contributed by atoms with Crippen molar-refractivity contribution in [3.05, 3.63) is 35.0 Å². The Morgan fingerprint density at radius 1 is 1.40 bits per heavy atom. The fourth-order valence-electron chi connectivity index (χ4n) is 3.15. The van der Waals surface area contributed by atoms with E-state index in [0.29, 0.717) is 18.1 Å². The van der Waals surface area contributed by atoms with Gasteiger partial charge in [-0.05, 0) is 24.8 Å². The molecule has 0 amide bonds. The Labute approximate surface area is 118 Å². The van der Waals surface area contributed by atoms with Crippen LogP contribution in [0.4, 0.5) is 0 Å². The third-order valence-electron chi connectivity index (χ3n) is 4.26. The van der Waals surface area contributed by atoms with Gasteiger partial charge in [-0.2, -0.15) is 5.10 Å². The van der Waals surface area contributed by atoms with E-state index in [9.17, 15) is 4.79 Å². The third kappa shape index (κ3) is 2.77. The number of fused-ring (bicyclic) bond motifs is 1. The highest BCUT2D eigenvalue weighted by molar-refractivity contribution is 5.42. The summed E-state index contributed by atoms with van der Waals surface area (Å²) in [6.45, 7) is 3.89. The minimum Gasteiger partial charge on any atom is -0.312 e. The molecule has 1 aliphatic rings. The lowest BCUT2D eigenvalue weighted by Gasteiger charge is -2.27. The summed E-state index contributed by atoms with van der Waals surface area (Å²) in [7, 11) is 0. The summed E-state index contributed by atoms with van der Waals surface area (Å²) in [4.78, 5) is 12.2. The van der Waals surface area contributed by atoms with Crippen molar-refractivity contribution in [1.82, 2.24) is 19.5 Å². The van der Waals surface area contributed by atoms with Gasteiger partial charge in [-0.15, -0.1) is 0 Å². The van der Waals surface area contributed by atoms with Gasteiger partial charge in [0.05, 0.1) is 6.20 Å². The van der Waals surface area contributed by atoms with Gasteiger partial charge < -0.3 is 9.88 Å². The van der Waals surface area contributed by atoms with Crippen molar-refractivity contribution in [2.75, 3.05) is 6.54 Å². The van der Waals surface area contributed by atoms with Crippen molar-refractivity contribution >= 4 is 5.52 Å². The number of hydrogen-bond acceptors (Lipinski definition) is 3. The van der Waals surface area contributed by atoms with Gasteiger partial charge in [0, 0.05) is 31.5 Å². The first kappa shape index (κ1) is 13.4. The van der Waals surface area contributed by atoms with Crippen molar-refractivity contribution in [2.45, 2.75) is 45.2 Å². The zero-order chi connectivity index (χ0) is 13.9. The second kappa shape index (κ2) is 5.79. The van der Waals surface area contributed by atoms with Gasteiger partial charge in [-0.1, -0.05) is 19.8 Å². The van der Waals surface area contributed by atoms with Crippen LogP contribution in [0.2, 0.25) is 0 Å². The van der Waals surface area contributed by atoms with Crippen LogP contribution in [0.15, 0.2) is 29.5 Å². The van der Waals surface area contributed by atoms with Crippen LogP contribution in [0.5, 0.6) is 0 Å². The molecule has 1 aliphatic carbocycles. The summed E-state index contributed by atoms with van der Waals surface area (Å²) in [5.74, 6) is 0.826. The van der Waals surface area contributed by atoms with Crippen LogP contribution in [-0.2, 0) is 6.54 Å². The topological polar surface area (TPSA) is 51.3 Å². The van der Waals surface area contributed by atoms with Crippen molar-refractivity contribution in [3.8, 4) is 0 Å². The molecule has 5 nitrogen and oxygen atoms in total. The highest BCUT2D eigenvalue weighted by Crippen LogP contribution is 2.23. The maximum Gasteiger partial charge on any atom is 0.276 e. The normalized spacial score (nSPS) is 23.2. The van der Waals surface area contributed by atoms with E-state index in [2.05, 4.69) is 17.3 Å². The van der Waals surface area contributed by atoms with Gasteiger partial charge in [0.15, 0.2) is 0 Å². The Morgan fingerprint density at radius 3 is 3.15 bits per heavy atom. The van der Waals surface area contributed by atoms with Gasteiger partial charge in [-0.25, -0.2) is 4.52 Å². The SMILES string of the molecule is CC1CCCC(NCCn2ccn3nccc3c2=O)C1. The molecule has 0 aliphatic heterocycles. The molecule has 2 aromatic heterocycles. The van der Waals surface area contributed by atoms with Crippen molar-refractivity contribution < 1.29 is 0 Å². The average Bonchev–Trinajstić information content (AvgIpc) is 2.91. The maximum atomic E-state index is 12.2. The highest BCUT2D eigenvalue weighted by atomic mass is 16.1. The minimum absolute atomic E-state index is 0.0313. The van der Waals surface area contributed by atoms with E-state index in [1.807, 2.05) is 12.4 Å². The van der Waals surface area contributed by atoms with Gasteiger partial charge >= 0.3 is 0 Å². The quantitative estimate of drug-likeness (QED) is 0.922. The summed E-state index contributed by atoms with van der Waals surface area (Å²) in [6, 6.07) is 2.38. The number of rotatable bonds is 4. The summed E-state index contributed by atoms with van der Waals surface area (Å²) in [5, 5.41) is 7.66. The van der Waals surface area contributed by atoms with Crippen LogP contribution < -0.4 is 10.9 Å². The molecule has 1 N–H and O–H groups in total. The Bertz CT molecular complexity index is 630. The molecule has 2 atom stereocenters. The first-order valence-corrected chi connectivity index (χ1v) is 7.50. The molecule has 2 aromatic rings. The number of hydrogen-bond donors (Lipinski definition) is 1. The summed E-state index contributed by atoms with van der Waals surface area (Å²) in [6.07, 6.45) is 10.5. The zero-order valence-electron chi connectivity index (χ0n) is 12.0. The van der Waals surface area contributed by atoms with Crippen LogP contribution in [0.25, 0.3) is 5.52 Å². The molecule has 0 saturated heterocycles. The van der Waals surface area contributed by atoms with Gasteiger partial charge in [-0.3, -0.25) is 4.79 Å². The van der Waals surface area contributed by atoms with E-state index >= 15 is 0 Å². The third-order valence-corrected chi connectivity index (χ3v) is 4.26. The lowest BCUT2D eigenvalue weighted by molar-refractivity contribution is 0.299. The fraction of sp³-hybridized carbons (Fsp3) is 0.600. The molecular weight excluding hydrogens is 252 g/mol. The van der Waals surface area contributed by atoms with Gasteiger partial charge in [0.25, 0.3) is 5.56 Å². The average molecular weight is 274 g/mol. The molecule has 0 radical (unpaired) electrons. The largest absolute Gasteiger partial charge is 0.312 e. The highest BCUT2D eigenvalue weighted by Gasteiger charge is 2.17. The molecule has 0 spiro atoms. The predicted octanol–water partition coefficient (Wildman–Crippen LogP) is 1.66. The van der Waals surface area contributed by atoms with Crippen molar-refractivity contribution in [2.24, 2.45) is 5.92 Å². The van der Waals surface area contributed by atoms with Crippen LogP contribution in [0.1, 0.15) is 32.6 Å². The van der Waals surface area contributed by atoms with Crippen LogP contribution >= 0.6 is 0 Å². The number of aromatic nitrogens is 3. The lowest BCUT2D eigenvalue weighted by atomic mass is 9.87. The number of nitrogens with zero attached hydrogens (tertiary/aromatic N) is 3. The molecule has 108 valence electrons. The van der Waals surface area contributed by atoms with E-state index in [1.54, 1.807) is 21.3 Å². The fourth-order valence-corrected chi connectivity index (χ4v) is 3.15. The molecular formula is C15H22N4O. The first-order chi connectivity index (χ1) is 9.74. The molecule has 3 rings (SSSR count). The molecule has 20 heavy (non-hydrogen) atoms. The molecule has 0 bridgehead atoms. The standard InChI is InChI=1S/C15H22N4O/c1-12-3-2-4-13(11-12)16-7-8-18-9-10-19-14(15(18)20)5-6-17-19/h5-6,9-10,12-13,16H,2-4,7-8,11H2,1H3. The van der Waals surface area contributed by atoms with E-state index in [0.717, 1.165) is 12.5 Å². The van der Waals surface area contributed by atoms with Crippen LogP contribution in [-0.4, -0.2) is 26.8 Å². The Morgan fingerprint density at radius 2 is 2.30 bits per heavy atom. The first-order valence-electron chi connectivity index (χ1n) is 7.50. The molecule has 2 unspecified atom stereocenters. The molecule has 2 heterocycles. The van der Waals surface area contributed by atoms with E-state index in [4.69, 9.17) is 0 Å². The van der Waals surface area contributed by atoms with Crippen molar-refractivity contribution in [3.63, 3.8) is 0 Å². The Hall–Kier alpha value is -1.62. The number of nitrogens with one attached hydrogen (secondary N) is 1. The smallest absolute Gasteiger partial charge is 0.276 e. The monoisotopic (exact) mass is 274 g/mol. The second-order valence-corrected chi connectivity index (χ2v) is 5.88. The van der Waals surface area contributed by atoms with Crippen LogP contribution in [0, 0.1) is 5.92 Å². The lowest BCUT2D eigenvalue weighted by Crippen LogP contribution is -2.37. The van der Waals surface area contributed by atoms with E-state index in [-0.39, 0.29) is 5.56 Å². The molecule has 1 saturated carbocycles. The maximum absolute atomic E-state index is 12.2. The second-order valence-electron chi connectivity index (χ2n) is 5.88. The Kier molecular flexibility index (Phi) is 3.87. The van der Waals surface area contributed by atoms with Crippen molar-refractivity contribution in [1.29, 1.82) is 0 Å². The Balaban J connectivity index is 1.59. The predicted molar refractivity (Wildman–Crippen MR) is 78.9 cm³/mol. The minimum atomic E-state index is 0.0313. The van der Waals surface area contributed by atoms with E-state index in [1.165, 1.54) is 25.7 Å². The van der Waals surface area contributed by atoms with Gasteiger partial charge in [0.1, 0.15) is 5.52 Å². The molecule has 1 fully saturated rings. The summed E-state index contributed by atoms with van der Waals surface area (Å²) < 4.78 is 3.38. The van der Waals surface area contributed by atoms with E-state index < -0.39 is 0 Å². The zero-order valence-corrected chi connectivity index (χ0v) is 12.0.